The lowest BCUT2D eigenvalue weighted by atomic mass is 9.66. The molecule has 0 unspecified atom stereocenters. The third-order valence-corrected chi connectivity index (χ3v) is 4.71. The van der Waals surface area contributed by atoms with Crippen LogP contribution in [0.2, 0.25) is 5.02 Å². The number of nitrogen functional groups attached to an aromatic ring is 1. The number of hydrogen-bond acceptors (Lipinski definition) is 3. The number of carbonyl (C=O) groups excluding carboxylic acids is 1. The van der Waals surface area contributed by atoms with Gasteiger partial charge in [-0.2, -0.15) is 0 Å². The van der Waals surface area contributed by atoms with E-state index in [-0.39, 0.29) is 11.3 Å². The second-order valence-electron chi connectivity index (χ2n) is 5.86. The van der Waals surface area contributed by atoms with E-state index in [1.54, 1.807) is 12.1 Å². The molecule has 1 amide bonds. The highest BCUT2D eigenvalue weighted by atomic mass is 35.5. The van der Waals surface area contributed by atoms with Gasteiger partial charge >= 0.3 is 0 Å². The Hall–Kier alpha value is -1.42. The highest BCUT2D eigenvalue weighted by molar-refractivity contribution is 6.33. The maximum atomic E-state index is 12.4. The molecule has 21 heavy (non-hydrogen) atoms. The van der Waals surface area contributed by atoms with Gasteiger partial charge in [-0.15, -0.1) is 0 Å². The van der Waals surface area contributed by atoms with E-state index in [9.17, 15) is 4.79 Å². The van der Waals surface area contributed by atoms with Gasteiger partial charge in [0.05, 0.1) is 23.4 Å². The highest BCUT2D eigenvalue weighted by Crippen LogP contribution is 2.44. The van der Waals surface area contributed by atoms with Crippen LogP contribution in [0.25, 0.3) is 0 Å². The van der Waals surface area contributed by atoms with Crippen LogP contribution >= 0.6 is 11.6 Å². The normalized spacial score (nSPS) is 16.1. The van der Waals surface area contributed by atoms with Crippen molar-refractivity contribution in [3.8, 4) is 5.75 Å². The minimum atomic E-state index is -0.156. The molecule has 3 N–H and O–H groups in total. The Kier molecular flexibility index (Phi) is 4.99. The quantitative estimate of drug-likeness (QED) is 0.789. The van der Waals surface area contributed by atoms with Crippen molar-refractivity contribution in [1.29, 1.82) is 0 Å². The van der Waals surface area contributed by atoms with E-state index in [0.29, 0.717) is 28.6 Å². The minimum Gasteiger partial charge on any atom is -0.496 e. The van der Waals surface area contributed by atoms with Crippen molar-refractivity contribution in [2.24, 2.45) is 5.41 Å². The van der Waals surface area contributed by atoms with Crippen LogP contribution in [0.5, 0.6) is 5.75 Å². The Labute approximate surface area is 131 Å². The smallest absolute Gasteiger partial charge is 0.255 e. The first-order chi connectivity index (χ1) is 10.0. The summed E-state index contributed by atoms with van der Waals surface area (Å²) in [4.78, 5) is 12.4. The number of nitrogens with two attached hydrogens (primary N) is 1. The van der Waals surface area contributed by atoms with Crippen LogP contribution in [-0.4, -0.2) is 19.6 Å². The fraction of sp³-hybridized carbons (Fsp3) is 0.562. The van der Waals surface area contributed by atoms with Crippen molar-refractivity contribution < 1.29 is 9.53 Å². The Morgan fingerprint density at radius 1 is 1.48 bits per heavy atom. The van der Waals surface area contributed by atoms with Crippen LogP contribution in [0.4, 0.5) is 5.69 Å². The number of anilines is 1. The summed E-state index contributed by atoms with van der Waals surface area (Å²) in [6, 6.07) is 3.15. The second kappa shape index (κ2) is 6.56. The Morgan fingerprint density at radius 3 is 2.71 bits per heavy atom. The van der Waals surface area contributed by atoms with Crippen molar-refractivity contribution in [3.63, 3.8) is 0 Å². The molecule has 0 atom stereocenters. The third-order valence-electron chi connectivity index (χ3n) is 4.38. The van der Waals surface area contributed by atoms with E-state index in [2.05, 4.69) is 12.2 Å². The first kappa shape index (κ1) is 16.0. The summed E-state index contributed by atoms with van der Waals surface area (Å²) in [7, 11) is 1.52. The van der Waals surface area contributed by atoms with Gasteiger partial charge in [0.1, 0.15) is 5.75 Å². The molecule has 1 aliphatic carbocycles. The molecule has 1 fully saturated rings. The lowest BCUT2D eigenvalue weighted by Crippen LogP contribution is -2.42. The molecule has 1 aromatic rings. The number of nitrogens with one attached hydrogen (secondary N) is 1. The van der Waals surface area contributed by atoms with E-state index >= 15 is 0 Å². The summed E-state index contributed by atoms with van der Waals surface area (Å²) >= 11 is 6.00. The topological polar surface area (TPSA) is 64.4 Å². The van der Waals surface area contributed by atoms with Crippen LogP contribution in [0.1, 0.15) is 49.4 Å². The average molecular weight is 311 g/mol. The summed E-state index contributed by atoms with van der Waals surface area (Å²) in [5.41, 5.74) is 6.86. The predicted molar refractivity (Wildman–Crippen MR) is 85.9 cm³/mol. The van der Waals surface area contributed by atoms with Gasteiger partial charge in [0.25, 0.3) is 5.91 Å². The molecule has 1 aromatic carbocycles. The Bertz CT molecular complexity index is 527. The largest absolute Gasteiger partial charge is 0.496 e. The van der Waals surface area contributed by atoms with E-state index in [0.717, 1.165) is 12.8 Å². The third kappa shape index (κ3) is 3.43. The van der Waals surface area contributed by atoms with Gasteiger partial charge in [0.15, 0.2) is 0 Å². The maximum absolute atomic E-state index is 12.4. The second-order valence-corrected chi connectivity index (χ2v) is 6.27. The van der Waals surface area contributed by atoms with E-state index in [4.69, 9.17) is 22.1 Å². The molecule has 0 aliphatic heterocycles. The number of halogens is 1. The molecule has 0 saturated heterocycles. The average Bonchev–Trinajstić information content (AvgIpc) is 2.43. The summed E-state index contributed by atoms with van der Waals surface area (Å²) in [6.07, 6.45) is 5.95. The fourth-order valence-corrected chi connectivity index (χ4v) is 3.16. The van der Waals surface area contributed by atoms with Crippen molar-refractivity contribution in [3.05, 3.63) is 22.7 Å². The Balaban J connectivity index is 2.08. The molecule has 0 aromatic heterocycles. The maximum Gasteiger partial charge on any atom is 0.255 e. The molecule has 0 heterocycles. The lowest BCUT2D eigenvalue weighted by Gasteiger charge is -2.42. The zero-order chi connectivity index (χ0) is 15.5. The highest BCUT2D eigenvalue weighted by Gasteiger charge is 2.36. The molecule has 0 radical (unpaired) electrons. The first-order valence-electron chi connectivity index (χ1n) is 7.42. The van der Waals surface area contributed by atoms with Crippen LogP contribution < -0.4 is 15.8 Å². The van der Waals surface area contributed by atoms with Gasteiger partial charge in [-0.25, -0.2) is 0 Å². The summed E-state index contributed by atoms with van der Waals surface area (Å²) in [5, 5.41) is 3.40. The van der Waals surface area contributed by atoms with Crippen LogP contribution in [0.3, 0.4) is 0 Å². The number of methoxy groups -OCH3 is 1. The number of amides is 1. The zero-order valence-electron chi connectivity index (χ0n) is 12.7. The molecule has 1 aliphatic rings. The molecule has 5 heteroatoms. The molecular formula is C16H23ClN2O2. The molecular weight excluding hydrogens is 288 g/mol. The van der Waals surface area contributed by atoms with Gasteiger partial charge < -0.3 is 15.8 Å². The lowest BCUT2D eigenvalue weighted by molar-refractivity contribution is 0.0830. The molecule has 116 valence electrons. The number of benzene rings is 1. The molecule has 1 saturated carbocycles. The summed E-state index contributed by atoms with van der Waals surface area (Å²) in [6.45, 7) is 2.90. The number of rotatable bonds is 6. The number of carbonyl (C=O) groups is 1. The van der Waals surface area contributed by atoms with Gasteiger partial charge in [-0.1, -0.05) is 31.4 Å². The summed E-state index contributed by atoms with van der Waals surface area (Å²) in [5.74, 6) is 0.295. The first-order valence-corrected chi connectivity index (χ1v) is 7.80. The van der Waals surface area contributed by atoms with Gasteiger partial charge in [-0.3, -0.25) is 4.79 Å². The molecule has 4 nitrogen and oxygen atoms in total. The van der Waals surface area contributed by atoms with Crippen molar-refractivity contribution in [2.75, 3.05) is 19.4 Å². The molecule has 2 rings (SSSR count). The molecule has 0 bridgehead atoms. The number of hydrogen-bond donors (Lipinski definition) is 2. The Morgan fingerprint density at radius 2 is 2.19 bits per heavy atom. The van der Waals surface area contributed by atoms with Gasteiger partial charge in [-0.05, 0) is 30.7 Å². The standard InChI is InChI=1S/C16H23ClN2O2/c1-3-5-16(6-4-7-16)10-19-15(20)11-8-12(17)13(18)9-14(11)21-2/h8-9H,3-7,10,18H2,1-2H3,(H,19,20). The van der Waals surface area contributed by atoms with Crippen LogP contribution in [0.15, 0.2) is 12.1 Å². The monoisotopic (exact) mass is 310 g/mol. The van der Waals surface area contributed by atoms with Crippen LogP contribution in [-0.2, 0) is 0 Å². The summed E-state index contributed by atoms with van der Waals surface area (Å²) < 4.78 is 5.22. The SMILES string of the molecule is CCCC1(CNC(=O)c2cc(Cl)c(N)cc2OC)CCC1. The van der Waals surface area contributed by atoms with Crippen molar-refractivity contribution in [2.45, 2.75) is 39.0 Å². The van der Waals surface area contributed by atoms with Crippen LogP contribution in [0, 0.1) is 5.41 Å². The van der Waals surface area contributed by atoms with Gasteiger partial charge in [0.2, 0.25) is 0 Å². The predicted octanol–water partition coefficient (Wildman–Crippen LogP) is 3.63. The minimum absolute atomic E-state index is 0.156. The zero-order valence-corrected chi connectivity index (χ0v) is 13.4. The van der Waals surface area contributed by atoms with E-state index in [1.807, 2.05) is 0 Å². The fourth-order valence-electron chi connectivity index (χ4n) is 3.00. The van der Waals surface area contributed by atoms with Crippen molar-refractivity contribution in [1.82, 2.24) is 5.32 Å². The van der Waals surface area contributed by atoms with E-state index < -0.39 is 0 Å². The molecule has 0 spiro atoms. The van der Waals surface area contributed by atoms with E-state index in [1.165, 1.54) is 26.4 Å². The van der Waals surface area contributed by atoms with Gasteiger partial charge in [0, 0.05) is 12.6 Å². The number of ether oxygens (including phenoxy) is 1. The van der Waals surface area contributed by atoms with Crippen molar-refractivity contribution >= 4 is 23.2 Å².